The molecule has 1 heterocycles. The predicted molar refractivity (Wildman–Crippen MR) is 114 cm³/mol. The van der Waals surface area contributed by atoms with E-state index in [0.717, 1.165) is 0 Å². The highest BCUT2D eigenvalue weighted by atomic mass is 32.1. The molecule has 0 aliphatic rings. The van der Waals surface area contributed by atoms with Crippen molar-refractivity contribution in [1.82, 2.24) is 4.90 Å². The lowest BCUT2D eigenvalue weighted by Crippen LogP contribution is -2.30. The van der Waals surface area contributed by atoms with E-state index in [2.05, 4.69) is 5.32 Å². The molecule has 2 amide bonds. The third kappa shape index (κ3) is 4.31. The summed E-state index contributed by atoms with van der Waals surface area (Å²) in [5.74, 6) is -0.750. The highest BCUT2D eigenvalue weighted by Crippen LogP contribution is 2.34. The van der Waals surface area contributed by atoms with Crippen LogP contribution in [0.1, 0.15) is 39.4 Å². The van der Waals surface area contributed by atoms with Crippen molar-refractivity contribution in [1.29, 1.82) is 0 Å². The Bertz CT molecular complexity index is 1030. The average molecular weight is 415 g/mol. The Morgan fingerprint density at radius 1 is 1.10 bits per heavy atom. The Morgan fingerprint density at radius 3 is 2.41 bits per heavy atom. The zero-order valence-corrected chi connectivity index (χ0v) is 17.4. The van der Waals surface area contributed by atoms with Crippen molar-refractivity contribution >= 4 is 38.9 Å². The molecule has 152 valence electrons. The number of ether oxygens (including phenoxy) is 1. The maximum atomic E-state index is 14.3. The number of halogens is 1. The molecule has 0 radical (unpaired) electrons. The largest absolute Gasteiger partial charge is 0.380 e. The smallest absolute Gasteiger partial charge is 0.266 e. The maximum absolute atomic E-state index is 14.3. The molecule has 1 N–H and O–H groups in total. The summed E-state index contributed by atoms with van der Waals surface area (Å²) in [5, 5.41) is 3.25. The number of hydrogen-bond donors (Lipinski definition) is 1. The number of rotatable bonds is 7. The van der Waals surface area contributed by atoms with Gasteiger partial charge in [-0.1, -0.05) is 6.07 Å². The Morgan fingerprint density at radius 2 is 1.79 bits per heavy atom. The fourth-order valence-electron chi connectivity index (χ4n) is 3.21. The number of fused-ring (bicyclic) bond motifs is 1. The van der Waals surface area contributed by atoms with Crippen LogP contribution in [0.2, 0.25) is 0 Å². The van der Waals surface area contributed by atoms with Crippen LogP contribution >= 0.6 is 11.3 Å². The summed E-state index contributed by atoms with van der Waals surface area (Å²) in [5.41, 5.74) is 1.67. The second-order valence-electron chi connectivity index (χ2n) is 6.46. The van der Waals surface area contributed by atoms with Gasteiger partial charge in [0, 0.05) is 47.1 Å². The Balaban J connectivity index is 1.84. The van der Waals surface area contributed by atoms with Crippen molar-refractivity contribution in [2.75, 3.05) is 25.5 Å². The number of amides is 2. The third-order valence-corrected chi connectivity index (χ3v) is 5.89. The van der Waals surface area contributed by atoms with Crippen LogP contribution < -0.4 is 5.32 Å². The maximum Gasteiger partial charge on any atom is 0.266 e. The number of thiophene rings is 1. The van der Waals surface area contributed by atoms with E-state index in [1.54, 1.807) is 41.3 Å². The molecule has 3 rings (SSSR count). The summed E-state index contributed by atoms with van der Waals surface area (Å²) >= 11 is 1.23. The Kier molecular flexibility index (Phi) is 6.61. The van der Waals surface area contributed by atoms with Gasteiger partial charge < -0.3 is 15.0 Å². The molecule has 0 spiro atoms. The summed E-state index contributed by atoms with van der Waals surface area (Å²) in [7, 11) is 1.51. The van der Waals surface area contributed by atoms with Crippen LogP contribution in [0.25, 0.3) is 10.1 Å². The molecule has 5 nitrogen and oxygen atoms in total. The number of nitrogens with one attached hydrogen (secondary N) is 1. The number of carbonyl (C=O) groups is 2. The Labute approximate surface area is 173 Å². The molecule has 29 heavy (non-hydrogen) atoms. The van der Waals surface area contributed by atoms with Crippen molar-refractivity contribution in [3.63, 3.8) is 0 Å². The molecule has 0 atom stereocenters. The monoisotopic (exact) mass is 414 g/mol. The van der Waals surface area contributed by atoms with E-state index in [4.69, 9.17) is 4.74 Å². The number of methoxy groups -OCH3 is 1. The SMILES string of the molecule is CCN(CC)C(=O)c1ccc(NC(=O)c2sc3cccc(F)c3c2COC)cc1. The summed E-state index contributed by atoms with van der Waals surface area (Å²) in [6, 6.07) is 11.6. The van der Waals surface area contributed by atoms with E-state index in [-0.39, 0.29) is 24.2 Å². The minimum atomic E-state index is -0.371. The minimum absolute atomic E-state index is 0.0461. The zero-order chi connectivity index (χ0) is 21.0. The van der Waals surface area contributed by atoms with Crippen molar-refractivity contribution in [2.45, 2.75) is 20.5 Å². The summed E-state index contributed by atoms with van der Waals surface area (Å²) in [6.45, 7) is 5.28. The van der Waals surface area contributed by atoms with Gasteiger partial charge in [0.1, 0.15) is 5.82 Å². The van der Waals surface area contributed by atoms with Crippen LogP contribution in [0, 0.1) is 5.82 Å². The normalized spacial score (nSPS) is 10.9. The highest BCUT2D eigenvalue weighted by Gasteiger charge is 2.21. The first-order valence-electron chi connectivity index (χ1n) is 9.39. The van der Waals surface area contributed by atoms with Crippen molar-refractivity contribution in [2.24, 2.45) is 0 Å². The van der Waals surface area contributed by atoms with Gasteiger partial charge in [-0.25, -0.2) is 4.39 Å². The van der Waals surface area contributed by atoms with Gasteiger partial charge in [-0.05, 0) is 50.2 Å². The zero-order valence-electron chi connectivity index (χ0n) is 16.6. The van der Waals surface area contributed by atoms with Gasteiger partial charge in [-0.3, -0.25) is 9.59 Å². The summed E-state index contributed by atoms with van der Waals surface area (Å²) < 4.78 is 20.2. The van der Waals surface area contributed by atoms with Crippen molar-refractivity contribution in [3.05, 3.63) is 64.3 Å². The fraction of sp³-hybridized carbons (Fsp3) is 0.273. The molecule has 0 saturated heterocycles. The van der Waals surface area contributed by atoms with Gasteiger partial charge >= 0.3 is 0 Å². The molecule has 7 heteroatoms. The molecule has 0 saturated carbocycles. The van der Waals surface area contributed by atoms with Gasteiger partial charge in [-0.15, -0.1) is 11.3 Å². The van der Waals surface area contributed by atoms with Gasteiger partial charge in [0.15, 0.2) is 0 Å². The van der Waals surface area contributed by atoms with Crippen molar-refractivity contribution in [3.8, 4) is 0 Å². The van der Waals surface area contributed by atoms with Crippen LogP contribution in [0.5, 0.6) is 0 Å². The Hall–Kier alpha value is -2.77. The van der Waals surface area contributed by atoms with Gasteiger partial charge in [-0.2, -0.15) is 0 Å². The topological polar surface area (TPSA) is 58.6 Å². The molecule has 3 aromatic rings. The molecule has 2 aromatic carbocycles. The number of nitrogens with zero attached hydrogens (tertiary/aromatic N) is 1. The first kappa shape index (κ1) is 21.0. The van der Waals surface area contributed by atoms with Crippen LogP contribution in [0.15, 0.2) is 42.5 Å². The second kappa shape index (κ2) is 9.15. The first-order valence-corrected chi connectivity index (χ1v) is 10.2. The molecule has 0 aliphatic carbocycles. The van der Waals surface area contributed by atoms with Crippen LogP contribution in [-0.4, -0.2) is 36.9 Å². The van der Waals surface area contributed by atoms with E-state index in [0.29, 0.717) is 44.9 Å². The van der Waals surface area contributed by atoms with Gasteiger partial charge in [0.05, 0.1) is 11.5 Å². The molecule has 0 unspecified atom stereocenters. The molecule has 0 aliphatic heterocycles. The van der Waals surface area contributed by atoms with Crippen molar-refractivity contribution < 1.29 is 18.7 Å². The lowest BCUT2D eigenvalue weighted by molar-refractivity contribution is 0.0773. The highest BCUT2D eigenvalue weighted by molar-refractivity contribution is 7.21. The first-order chi connectivity index (χ1) is 14.0. The quantitative estimate of drug-likeness (QED) is 0.597. The number of carbonyl (C=O) groups excluding carboxylic acids is 2. The second-order valence-corrected chi connectivity index (χ2v) is 7.52. The van der Waals surface area contributed by atoms with Crippen LogP contribution in [0.4, 0.5) is 10.1 Å². The van der Waals surface area contributed by atoms with Crippen LogP contribution in [0.3, 0.4) is 0 Å². The predicted octanol–water partition coefficient (Wildman–Crippen LogP) is 4.92. The molecular formula is C22H23FN2O3S. The molecule has 0 fully saturated rings. The van der Waals surface area contributed by atoms with E-state index in [9.17, 15) is 14.0 Å². The van der Waals surface area contributed by atoms with E-state index >= 15 is 0 Å². The third-order valence-electron chi connectivity index (χ3n) is 4.70. The van der Waals surface area contributed by atoms with Crippen LogP contribution in [-0.2, 0) is 11.3 Å². The number of hydrogen-bond acceptors (Lipinski definition) is 4. The number of anilines is 1. The van der Waals surface area contributed by atoms with Gasteiger partial charge in [0.2, 0.25) is 0 Å². The van der Waals surface area contributed by atoms with Gasteiger partial charge in [0.25, 0.3) is 11.8 Å². The average Bonchev–Trinajstić information content (AvgIpc) is 3.09. The van der Waals surface area contributed by atoms with E-state index in [1.807, 2.05) is 13.8 Å². The standard InChI is InChI=1S/C22H23FN2O3S/c1-4-25(5-2)22(27)14-9-11-15(12-10-14)24-21(26)20-16(13-28-3)19-17(23)7-6-8-18(19)29-20/h6-12H,4-5,13H2,1-3H3,(H,24,26). The lowest BCUT2D eigenvalue weighted by atomic mass is 10.1. The minimum Gasteiger partial charge on any atom is -0.380 e. The number of benzene rings is 2. The lowest BCUT2D eigenvalue weighted by Gasteiger charge is -2.18. The summed E-state index contributed by atoms with van der Waals surface area (Å²) in [4.78, 5) is 27.4. The summed E-state index contributed by atoms with van der Waals surface area (Å²) in [6.07, 6.45) is 0. The fourth-order valence-corrected chi connectivity index (χ4v) is 4.33. The molecular weight excluding hydrogens is 391 g/mol. The van der Waals surface area contributed by atoms with E-state index < -0.39 is 0 Å². The van der Waals surface area contributed by atoms with E-state index in [1.165, 1.54) is 24.5 Å². The molecule has 1 aromatic heterocycles. The molecule has 0 bridgehead atoms.